The fraction of sp³-hybridized carbons (Fsp3) is 0.400. The van der Waals surface area contributed by atoms with Crippen LogP contribution in [0.15, 0.2) is 12.1 Å². The fourth-order valence-electron chi connectivity index (χ4n) is 1.73. The van der Waals surface area contributed by atoms with Gasteiger partial charge in [0.05, 0.1) is 0 Å². The van der Waals surface area contributed by atoms with Crippen LogP contribution in [0.4, 0.5) is 17.6 Å². The molecule has 6 heteroatoms. The van der Waals surface area contributed by atoms with Gasteiger partial charge in [-0.3, -0.25) is 0 Å². The average Bonchev–Trinajstić information content (AvgIpc) is 2.26. The summed E-state index contributed by atoms with van der Waals surface area (Å²) in [5.41, 5.74) is 0.0879. The van der Waals surface area contributed by atoms with Crippen LogP contribution in [0.5, 0.6) is 0 Å². The normalized spacial score (nSPS) is 20.1. The topological polar surface area (TPSA) is 0 Å². The molecule has 0 amide bonds. The van der Waals surface area contributed by atoms with E-state index in [0.717, 1.165) is 12.1 Å². The molecule has 0 N–H and O–H groups in total. The van der Waals surface area contributed by atoms with E-state index in [-0.39, 0.29) is 0 Å². The van der Waals surface area contributed by atoms with Crippen molar-refractivity contribution in [2.24, 2.45) is 0 Å². The highest BCUT2D eigenvalue weighted by atomic mass is 79.9. The van der Waals surface area contributed by atoms with Crippen molar-refractivity contribution in [2.45, 2.75) is 22.5 Å². The molecule has 0 aliphatic heterocycles. The molecule has 0 saturated carbocycles. The van der Waals surface area contributed by atoms with Crippen molar-refractivity contribution in [3.63, 3.8) is 0 Å². The Balaban J connectivity index is 2.61. The van der Waals surface area contributed by atoms with Crippen LogP contribution >= 0.6 is 31.9 Å². The van der Waals surface area contributed by atoms with Crippen molar-refractivity contribution in [2.75, 3.05) is 0 Å². The van der Waals surface area contributed by atoms with Crippen molar-refractivity contribution < 1.29 is 17.6 Å². The van der Waals surface area contributed by atoms with Gasteiger partial charge in [-0.25, -0.2) is 0 Å². The highest BCUT2D eigenvalue weighted by Crippen LogP contribution is 2.61. The van der Waals surface area contributed by atoms with Gasteiger partial charge in [0.2, 0.25) is 0 Å². The van der Waals surface area contributed by atoms with Gasteiger partial charge in [-0.1, -0.05) is 31.9 Å². The van der Waals surface area contributed by atoms with E-state index < -0.39 is 23.0 Å². The van der Waals surface area contributed by atoms with E-state index in [2.05, 4.69) is 31.9 Å². The van der Waals surface area contributed by atoms with Gasteiger partial charge in [0.15, 0.2) is 0 Å². The van der Waals surface area contributed by atoms with Crippen LogP contribution in [0.3, 0.4) is 0 Å². The summed E-state index contributed by atoms with van der Waals surface area (Å²) in [6.45, 7) is 0. The van der Waals surface area contributed by atoms with Crippen molar-refractivity contribution in [3.05, 3.63) is 34.4 Å². The van der Waals surface area contributed by atoms with Gasteiger partial charge in [0.1, 0.15) is 0 Å². The lowest BCUT2D eigenvalue weighted by Gasteiger charge is -2.39. The minimum atomic E-state index is -4.04. The van der Waals surface area contributed by atoms with Crippen molar-refractivity contribution in [1.29, 1.82) is 0 Å². The second kappa shape index (κ2) is 3.70. The summed E-state index contributed by atoms with van der Waals surface area (Å²) in [5.74, 6) is -8.08. The molecular formula is C10H6Br2F4. The predicted molar refractivity (Wildman–Crippen MR) is 59.5 cm³/mol. The third-order valence-electron chi connectivity index (χ3n) is 2.70. The number of alkyl halides is 6. The Labute approximate surface area is 106 Å². The van der Waals surface area contributed by atoms with E-state index in [1.807, 2.05) is 0 Å². The molecule has 0 fully saturated rings. The minimum absolute atomic E-state index is 0.364. The summed E-state index contributed by atoms with van der Waals surface area (Å²) in [6, 6.07) is 2.30. The zero-order valence-electron chi connectivity index (χ0n) is 7.84. The maximum Gasteiger partial charge on any atom is 0.340 e. The van der Waals surface area contributed by atoms with Gasteiger partial charge in [-0.2, -0.15) is 17.6 Å². The minimum Gasteiger partial charge on any atom is -0.194 e. The average molecular weight is 362 g/mol. The van der Waals surface area contributed by atoms with Gasteiger partial charge >= 0.3 is 11.8 Å². The quantitative estimate of drug-likeness (QED) is 0.530. The first-order valence-corrected chi connectivity index (χ1v) is 6.65. The van der Waals surface area contributed by atoms with Crippen molar-refractivity contribution in [1.82, 2.24) is 0 Å². The standard InChI is InChI=1S/C10H6Br2F4/c11-3-5-1-7-8(2-6(5)4-12)10(15,16)9(7,13)14/h1-2H,3-4H2. The Morgan fingerprint density at radius 1 is 0.812 bits per heavy atom. The predicted octanol–water partition coefficient (Wildman–Crippen LogP) is 4.67. The summed E-state index contributed by atoms with van der Waals surface area (Å²) >= 11 is 6.29. The Kier molecular flexibility index (Phi) is 2.86. The first kappa shape index (κ1) is 12.4. The molecule has 0 atom stereocenters. The number of rotatable bonds is 2. The van der Waals surface area contributed by atoms with Crippen LogP contribution in [0.25, 0.3) is 0 Å². The smallest absolute Gasteiger partial charge is 0.194 e. The third-order valence-corrected chi connectivity index (χ3v) is 3.91. The van der Waals surface area contributed by atoms with Gasteiger partial charge in [0.25, 0.3) is 0 Å². The fourth-order valence-corrected chi connectivity index (χ4v) is 2.78. The highest BCUT2D eigenvalue weighted by Gasteiger charge is 2.69. The zero-order chi connectivity index (χ0) is 12.1. The van der Waals surface area contributed by atoms with Crippen molar-refractivity contribution >= 4 is 31.9 Å². The van der Waals surface area contributed by atoms with E-state index in [1.165, 1.54) is 0 Å². The molecule has 0 heterocycles. The summed E-state index contributed by atoms with van der Waals surface area (Å²) < 4.78 is 52.3. The maximum atomic E-state index is 13.1. The Hall–Kier alpha value is -0.100. The molecule has 0 saturated heterocycles. The molecule has 0 bridgehead atoms. The molecule has 1 aromatic rings. The molecule has 2 rings (SSSR count). The first-order valence-electron chi connectivity index (χ1n) is 4.40. The Morgan fingerprint density at radius 3 is 1.38 bits per heavy atom. The van der Waals surface area contributed by atoms with Gasteiger partial charge < -0.3 is 0 Å². The zero-order valence-corrected chi connectivity index (χ0v) is 11.0. The molecule has 0 nitrogen and oxygen atoms in total. The van der Waals surface area contributed by atoms with E-state index in [0.29, 0.717) is 21.8 Å². The summed E-state index contributed by atoms with van der Waals surface area (Å²) in [7, 11) is 0. The molecule has 1 aliphatic rings. The van der Waals surface area contributed by atoms with Gasteiger partial charge in [0, 0.05) is 21.8 Å². The van der Waals surface area contributed by atoms with Gasteiger partial charge in [-0.15, -0.1) is 0 Å². The lowest BCUT2D eigenvalue weighted by molar-refractivity contribution is -0.254. The number of benzene rings is 1. The number of halogens is 6. The van der Waals surface area contributed by atoms with Crippen LogP contribution < -0.4 is 0 Å². The number of hydrogen-bond acceptors (Lipinski definition) is 0. The van der Waals surface area contributed by atoms with Crippen LogP contribution in [0.1, 0.15) is 22.3 Å². The Morgan fingerprint density at radius 2 is 1.12 bits per heavy atom. The van der Waals surface area contributed by atoms with Crippen LogP contribution in [0, 0.1) is 0 Å². The van der Waals surface area contributed by atoms with E-state index in [1.54, 1.807) is 0 Å². The summed E-state index contributed by atoms with van der Waals surface area (Å²) in [6.07, 6.45) is 0. The number of fused-ring (bicyclic) bond motifs is 1. The second-order valence-corrected chi connectivity index (χ2v) is 4.70. The largest absolute Gasteiger partial charge is 0.340 e. The highest BCUT2D eigenvalue weighted by molar-refractivity contribution is 9.09. The Bertz CT molecular complexity index is 402. The van der Waals surface area contributed by atoms with E-state index >= 15 is 0 Å². The lowest BCUT2D eigenvalue weighted by Crippen LogP contribution is -2.47. The van der Waals surface area contributed by atoms with Crippen LogP contribution in [-0.2, 0) is 22.5 Å². The number of hydrogen-bond donors (Lipinski definition) is 0. The summed E-state index contributed by atoms with van der Waals surface area (Å²) in [4.78, 5) is 0. The van der Waals surface area contributed by atoms with Gasteiger partial charge in [-0.05, 0) is 23.3 Å². The first-order chi connectivity index (χ1) is 7.36. The third kappa shape index (κ3) is 1.38. The van der Waals surface area contributed by atoms with Crippen LogP contribution in [-0.4, -0.2) is 0 Å². The second-order valence-electron chi connectivity index (χ2n) is 3.58. The maximum absolute atomic E-state index is 13.1. The molecular weight excluding hydrogens is 356 g/mol. The monoisotopic (exact) mass is 360 g/mol. The SMILES string of the molecule is FC1(F)c2cc(CBr)c(CBr)cc2C1(F)F. The van der Waals surface area contributed by atoms with E-state index in [4.69, 9.17) is 0 Å². The molecule has 1 aliphatic carbocycles. The molecule has 88 valence electrons. The molecule has 16 heavy (non-hydrogen) atoms. The molecule has 0 radical (unpaired) electrons. The molecule has 1 aromatic carbocycles. The lowest BCUT2D eigenvalue weighted by atomic mass is 9.78. The van der Waals surface area contributed by atoms with Crippen molar-refractivity contribution in [3.8, 4) is 0 Å². The van der Waals surface area contributed by atoms with E-state index in [9.17, 15) is 17.6 Å². The molecule has 0 spiro atoms. The van der Waals surface area contributed by atoms with Crippen LogP contribution in [0.2, 0.25) is 0 Å². The molecule has 0 unspecified atom stereocenters. The summed E-state index contributed by atoms with van der Waals surface area (Å²) in [5, 5.41) is 0.728. The molecule has 0 aromatic heterocycles.